The second kappa shape index (κ2) is 13.4. The lowest BCUT2D eigenvalue weighted by atomic mass is 9.97. The summed E-state index contributed by atoms with van der Waals surface area (Å²) in [4.78, 5) is 27.7. The maximum atomic E-state index is 13.0. The number of amides is 2. The van der Waals surface area contributed by atoms with Gasteiger partial charge in [0.05, 0.1) is 5.56 Å². The Hall–Kier alpha value is -2.04. The zero-order chi connectivity index (χ0) is 22.6. The lowest BCUT2D eigenvalue weighted by Gasteiger charge is -2.33. The number of nitrogens with one attached hydrogen (secondary N) is 2. The molecule has 2 N–H and O–H groups in total. The molecule has 1 aromatic rings. The number of rotatable bonds is 12. The number of unbranched alkanes of at least 4 members (excludes halogenated alkanes) is 5. The van der Waals surface area contributed by atoms with E-state index in [-0.39, 0.29) is 11.8 Å². The van der Waals surface area contributed by atoms with Crippen LogP contribution in [0.4, 0.5) is 11.4 Å². The summed E-state index contributed by atoms with van der Waals surface area (Å²) in [6.45, 7) is 11.3. The molecule has 1 aliphatic heterocycles. The molecule has 5 nitrogen and oxygen atoms in total. The predicted octanol–water partition coefficient (Wildman–Crippen LogP) is 6.00. The number of nitrogens with zero attached hydrogens (tertiary/aromatic N) is 1. The number of carbonyl (C=O) groups is 2. The Morgan fingerprint density at radius 2 is 1.74 bits per heavy atom. The summed E-state index contributed by atoms with van der Waals surface area (Å²) in [5, 5.41) is 6.05. The molecular weight excluding hydrogens is 386 g/mol. The van der Waals surface area contributed by atoms with Gasteiger partial charge >= 0.3 is 0 Å². The van der Waals surface area contributed by atoms with Crippen LogP contribution in [0.25, 0.3) is 0 Å². The molecule has 0 saturated carbocycles. The first-order chi connectivity index (χ1) is 14.9. The van der Waals surface area contributed by atoms with E-state index in [1.54, 1.807) is 0 Å². The molecule has 1 aliphatic rings. The Labute approximate surface area is 189 Å². The van der Waals surface area contributed by atoms with Crippen molar-refractivity contribution in [3.8, 4) is 0 Å². The van der Waals surface area contributed by atoms with E-state index in [2.05, 4.69) is 43.2 Å². The van der Waals surface area contributed by atoms with Crippen LogP contribution < -0.4 is 15.5 Å². The van der Waals surface area contributed by atoms with Crippen molar-refractivity contribution in [1.29, 1.82) is 0 Å². The minimum Gasteiger partial charge on any atom is -0.371 e. The van der Waals surface area contributed by atoms with Crippen LogP contribution in [-0.2, 0) is 4.79 Å². The van der Waals surface area contributed by atoms with Gasteiger partial charge < -0.3 is 15.5 Å². The van der Waals surface area contributed by atoms with E-state index in [1.807, 2.05) is 18.2 Å². The predicted molar refractivity (Wildman–Crippen MR) is 131 cm³/mol. The molecule has 0 radical (unpaired) electrons. The molecule has 31 heavy (non-hydrogen) atoms. The van der Waals surface area contributed by atoms with Crippen LogP contribution in [-0.4, -0.2) is 31.4 Å². The fourth-order valence-corrected chi connectivity index (χ4v) is 4.00. The van der Waals surface area contributed by atoms with Crippen molar-refractivity contribution in [3.63, 3.8) is 0 Å². The SMILES string of the molecule is CCCCCCCCC(=O)Nc1ccc(N2CCC(C)CC2)c(C(=O)NCC(C)C)c1. The maximum absolute atomic E-state index is 13.0. The number of hydrogen-bond donors (Lipinski definition) is 2. The second-order valence-corrected chi connectivity index (χ2v) is 9.57. The Kier molecular flexibility index (Phi) is 10.9. The zero-order valence-electron chi connectivity index (χ0n) is 20.1. The van der Waals surface area contributed by atoms with Gasteiger partial charge in [0.1, 0.15) is 0 Å². The Morgan fingerprint density at radius 3 is 2.42 bits per heavy atom. The van der Waals surface area contributed by atoms with E-state index in [4.69, 9.17) is 0 Å². The molecule has 0 aliphatic carbocycles. The molecule has 2 amide bonds. The van der Waals surface area contributed by atoms with Gasteiger partial charge in [0, 0.05) is 37.4 Å². The third-order valence-corrected chi connectivity index (χ3v) is 6.08. The van der Waals surface area contributed by atoms with Crippen LogP contribution in [0.5, 0.6) is 0 Å². The molecular formula is C26H43N3O2. The summed E-state index contributed by atoms with van der Waals surface area (Å²) < 4.78 is 0. The lowest BCUT2D eigenvalue weighted by Crippen LogP contribution is -2.35. The summed E-state index contributed by atoms with van der Waals surface area (Å²) >= 11 is 0. The number of anilines is 2. The van der Waals surface area contributed by atoms with Crippen molar-refractivity contribution in [2.75, 3.05) is 29.9 Å². The van der Waals surface area contributed by atoms with E-state index in [1.165, 1.54) is 25.7 Å². The van der Waals surface area contributed by atoms with E-state index < -0.39 is 0 Å². The van der Waals surface area contributed by atoms with E-state index in [9.17, 15) is 9.59 Å². The van der Waals surface area contributed by atoms with Crippen LogP contribution in [0, 0.1) is 11.8 Å². The van der Waals surface area contributed by atoms with Gasteiger partial charge in [-0.15, -0.1) is 0 Å². The van der Waals surface area contributed by atoms with Crippen LogP contribution >= 0.6 is 0 Å². The molecule has 1 saturated heterocycles. The monoisotopic (exact) mass is 429 g/mol. The second-order valence-electron chi connectivity index (χ2n) is 9.57. The van der Waals surface area contributed by atoms with Crippen molar-refractivity contribution in [3.05, 3.63) is 23.8 Å². The average Bonchev–Trinajstić information content (AvgIpc) is 2.75. The molecule has 0 atom stereocenters. The molecule has 1 aromatic carbocycles. The van der Waals surface area contributed by atoms with Crippen LogP contribution in [0.2, 0.25) is 0 Å². The number of carbonyl (C=O) groups excluding carboxylic acids is 2. The largest absolute Gasteiger partial charge is 0.371 e. The van der Waals surface area contributed by atoms with Crippen LogP contribution in [0.3, 0.4) is 0 Å². The van der Waals surface area contributed by atoms with Gasteiger partial charge in [-0.1, -0.05) is 59.8 Å². The fourth-order valence-electron chi connectivity index (χ4n) is 4.00. The van der Waals surface area contributed by atoms with Gasteiger partial charge in [-0.05, 0) is 49.3 Å². The van der Waals surface area contributed by atoms with Crippen molar-refractivity contribution in [2.24, 2.45) is 11.8 Å². The van der Waals surface area contributed by atoms with Gasteiger partial charge in [-0.2, -0.15) is 0 Å². The molecule has 0 unspecified atom stereocenters. The molecule has 1 fully saturated rings. The van der Waals surface area contributed by atoms with Crippen LogP contribution in [0.1, 0.15) is 95.8 Å². The Bertz CT molecular complexity index is 694. The zero-order valence-corrected chi connectivity index (χ0v) is 20.1. The number of piperidine rings is 1. The normalized spacial score (nSPS) is 14.7. The standard InChI is InChI=1S/C26H43N3O2/c1-5-6-7-8-9-10-11-25(30)28-22-12-13-24(29-16-14-21(4)15-17-29)23(18-22)26(31)27-19-20(2)3/h12-13,18,20-21H,5-11,14-17,19H2,1-4H3,(H,27,31)(H,28,30). The van der Waals surface area contributed by atoms with Gasteiger partial charge in [0.25, 0.3) is 5.91 Å². The first-order valence-corrected chi connectivity index (χ1v) is 12.4. The highest BCUT2D eigenvalue weighted by molar-refractivity contribution is 6.02. The first kappa shape index (κ1) is 25.2. The van der Waals surface area contributed by atoms with Crippen LogP contribution in [0.15, 0.2) is 18.2 Å². The molecule has 1 heterocycles. The third-order valence-electron chi connectivity index (χ3n) is 6.08. The maximum Gasteiger partial charge on any atom is 0.253 e. The first-order valence-electron chi connectivity index (χ1n) is 12.4. The quantitative estimate of drug-likeness (QED) is 0.401. The minimum atomic E-state index is -0.0608. The smallest absolute Gasteiger partial charge is 0.253 e. The van der Waals surface area contributed by atoms with Gasteiger partial charge in [-0.3, -0.25) is 9.59 Å². The topological polar surface area (TPSA) is 61.4 Å². The molecule has 5 heteroatoms. The lowest BCUT2D eigenvalue weighted by molar-refractivity contribution is -0.116. The van der Waals surface area contributed by atoms with Crippen molar-refractivity contribution >= 4 is 23.2 Å². The highest BCUT2D eigenvalue weighted by Gasteiger charge is 2.22. The van der Waals surface area contributed by atoms with E-state index in [0.29, 0.717) is 30.1 Å². The van der Waals surface area contributed by atoms with Gasteiger partial charge in [0.15, 0.2) is 0 Å². The average molecular weight is 430 g/mol. The highest BCUT2D eigenvalue weighted by atomic mass is 16.2. The summed E-state index contributed by atoms with van der Waals surface area (Å²) in [5.41, 5.74) is 2.34. The highest BCUT2D eigenvalue weighted by Crippen LogP contribution is 2.29. The van der Waals surface area contributed by atoms with Crippen molar-refractivity contribution in [1.82, 2.24) is 5.32 Å². The third kappa shape index (κ3) is 8.92. The van der Waals surface area contributed by atoms with E-state index in [0.717, 1.165) is 50.4 Å². The summed E-state index contributed by atoms with van der Waals surface area (Å²) in [7, 11) is 0. The molecule has 174 valence electrons. The Morgan fingerprint density at radius 1 is 1.06 bits per heavy atom. The van der Waals surface area contributed by atoms with Gasteiger partial charge in [-0.25, -0.2) is 0 Å². The summed E-state index contributed by atoms with van der Waals surface area (Å²) in [5.74, 6) is 1.09. The molecule has 0 spiro atoms. The summed E-state index contributed by atoms with van der Waals surface area (Å²) in [6.07, 6.45) is 9.80. The van der Waals surface area contributed by atoms with Gasteiger partial charge in [0.2, 0.25) is 5.91 Å². The molecule has 0 aromatic heterocycles. The summed E-state index contributed by atoms with van der Waals surface area (Å²) in [6, 6.07) is 5.79. The fraction of sp³-hybridized carbons (Fsp3) is 0.692. The number of hydrogen-bond acceptors (Lipinski definition) is 3. The molecule has 2 rings (SSSR count). The van der Waals surface area contributed by atoms with Crippen molar-refractivity contribution in [2.45, 2.75) is 85.5 Å². The van der Waals surface area contributed by atoms with E-state index >= 15 is 0 Å². The van der Waals surface area contributed by atoms with Crippen molar-refractivity contribution < 1.29 is 9.59 Å². The molecule has 0 bridgehead atoms. The minimum absolute atomic E-state index is 0.0311. The number of benzene rings is 1. The Balaban J connectivity index is 2.02.